The van der Waals surface area contributed by atoms with Gasteiger partial charge in [0.1, 0.15) is 0 Å². The molecule has 2 N–H and O–H groups in total. The Morgan fingerprint density at radius 3 is 2.40 bits per heavy atom. The first-order valence-corrected chi connectivity index (χ1v) is 14.2. The number of aromatic nitrogens is 3. The summed E-state index contributed by atoms with van der Waals surface area (Å²) in [6.45, 7) is 5.33. The zero-order valence-electron chi connectivity index (χ0n) is 23.8. The van der Waals surface area contributed by atoms with E-state index in [1.807, 2.05) is 60.8 Å². The fourth-order valence-corrected chi connectivity index (χ4v) is 5.65. The molecule has 4 aromatic rings. The van der Waals surface area contributed by atoms with Crippen LogP contribution in [0.2, 0.25) is 0 Å². The normalized spacial score (nSPS) is 18.0. The van der Waals surface area contributed by atoms with Crippen molar-refractivity contribution in [1.82, 2.24) is 24.8 Å². The molecule has 2 amide bonds. The van der Waals surface area contributed by atoms with Crippen LogP contribution in [0.25, 0.3) is 11.1 Å². The SMILES string of the molecule is CC(C)CCC1(c2cccc(-c3cccnc3)c2)N=C(N)N(Cc2cccc(C(=O)N3Cc4nccnc4C3)c2)C1=O. The predicted octanol–water partition coefficient (Wildman–Crippen LogP) is 4.68. The summed E-state index contributed by atoms with van der Waals surface area (Å²) in [5.41, 5.74) is 11.1. The molecule has 0 bridgehead atoms. The van der Waals surface area contributed by atoms with E-state index in [-0.39, 0.29) is 24.3 Å². The molecular formula is C33H33N7O2. The molecule has 0 saturated carbocycles. The summed E-state index contributed by atoms with van der Waals surface area (Å²) < 4.78 is 0. The summed E-state index contributed by atoms with van der Waals surface area (Å²) in [6, 6.07) is 19.2. The first-order chi connectivity index (χ1) is 20.3. The van der Waals surface area contributed by atoms with Gasteiger partial charge in [-0.05, 0) is 65.3 Å². The summed E-state index contributed by atoms with van der Waals surface area (Å²) in [5.74, 6) is 0.295. The number of amides is 2. The van der Waals surface area contributed by atoms with E-state index in [2.05, 4.69) is 28.8 Å². The third-order valence-corrected chi connectivity index (χ3v) is 7.94. The molecule has 0 saturated heterocycles. The zero-order valence-corrected chi connectivity index (χ0v) is 23.8. The summed E-state index contributed by atoms with van der Waals surface area (Å²) in [6.07, 6.45) is 8.17. The molecule has 1 atom stereocenters. The predicted molar refractivity (Wildman–Crippen MR) is 160 cm³/mol. The molecule has 212 valence electrons. The van der Waals surface area contributed by atoms with Gasteiger partial charge in [0.25, 0.3) is 11.8 Å². The molecule has 9 nitrogen and oxygen atoms in total. The minimum Gasteiger partial charge on any atom is -0.369 e. The molecule has 2 aromatic carbocycles. The average molecular weight is 560 g/mol. The number of carbonyl (C=O) groups excluding carboxylic acids is 2. The van der Waals surface area contributed by atoms with Crippen LogP contribution in [0.5, 0.6) is 0 Å². The number of hydrogen-bond donors (Lipinski definition) is 1. The van der Waals surface area contributed by atoms with Crippen LogP contribution in [-0.2, 0) is 30.0 Å². The number of pyridine rings is 1. The van der Waals surface area contributed by atoms with Crippen LogP contribution in [-0.4, -0.2) is 42.5 Å². The number of rotatable bonds is 8. The second-order valence-corrected chi connectivity index (χ2v) is 11.3. The number of fused-ring (bicyclic) bond motifs is 1. The summed E-state index contributed by atoms with van der Waals surface area (Å²) in [7, 11) is 0. The number of hydrogen-bond acceptors (Lipinski definition) is 7. The summed E-state index contributed by atoms with van der Waals surface area (Å²) in [5, 5.41) is 0. The Morgan fingerprint density at radius 1 is 0.952 bits per heavy atom. The maximum Gasteiger partial charge on any atom is 0.262 e. The smallest absolute Gasteiger partial charge is 0.262 e. The van der Waals surface area contributed by atoms with E-state index in [9.17, 15) is 9.59 Å². The second-order valence-electron chi connectivity index (χ2n) is 11.3. The van der Waals surface area contributed by atoms with Crippen LogP contribution in [0, 0.1) is 5.92 Å². The van der Waals surface area contributed by atoms with E-state index in [0.29, 0.717) is 31.0 Å². The molecule has 2 aliphatic heterocycles. The largest absolute Gasteiger partial charge is 0.369 e. The topological polar surface area (TPSA) is 118 Å². The Labute approximate surface area is 245 Å². The van der Waals surface area contributed by atoms with Crippen molar-refractivity contribution in [3.63, 3.8) is 0 Å². The molecule has 0 spiro atoms. The molecule has 2 aromatic heterocycles. The first kappa shape index (κ1) is 27.3. The highest BCUT2D eigenvalue weighted by atomic mass is 16.2. The van der Waals surface area contributed by atoms with E-state index in [4.69, 9.17) is 10.7 Å². The number of guanidine groups is 1. The highest BCUT2D eigenvalue weighted by Gasteiger charge is 2.49. The van der Waals surface area contributed by atoms with E-state index < -0.39 is 5.54 Å². The van der Waals surface area contributed by atoms with E-state index >= 15 is 0 Å². The van der Waals surface area contributed by atoms with Gasteiger partial charge in [-0.15, -0.1) is 0 Å². The lowest BCUT2D eigenvalue weighted by Crippen LogP contribution is -2.42. The van der Waals surface area contributed by atoms with Crippen LogP contribution in [0.15, 0.2) is 90.4 Å². The molecule has 1 unspecified atom stereocenters. The molecule has 4 heterocycles. The van der Waals surface area contributed by atoms with Gasteiger partial charge >= 0.3 is 0 Å². The maximum atomic E-state index is 14.3. The van der Waals surface area contributed by atoms with Crippen LogP contribution in [0.4, 0.5) is 0 Å². The minimum absolute atomic E-state index is 0.107. The third kappa shape index (κ3) is 5.13. The van der Waals surface area contributed by atoms with Crippen LogP contribution in [0.3, 0.4) is 0 Å². The van der Waals surface area contributed by atoms with Crippen LogP contribution < -0.4 is 5.73 Å². The standard InChI is InChI=1S/C33H33N7O2/c1-22(2)11-12-33(27-10-4-7-24(17-27)26-9-5-13-35-18-26)31(42)40(32(34)38-33)19-23-6-3-8-25(16-23)30(41)39-20-28-29(21-39)37-15-14-36-28/h3-10,13-18,22H,11-12,19-21H2,1-2H3,(H2,34,38). The number of nitrogens with two attached hydrogens (primary N) is 1. The van der Waals surface area contributed by atoms with Crippen molar-refractivity contribution < 1.29 is 9.59 Å². The van der Waals surface area contributed by atoms with Gasteiger partial charge in [-0.1, -0.05) is 50.2 Å². The molecule has 0 aliphatic carbocycles. The molecule has 0 radical (unpaired) electrons. The molecule has 0 fully saturated rings. The number of benzene rings is 2. The van der Waals surface area contributed by atoms with Crippen molar-refractivity contribution in [2.45, 2.75) is 51.9 Å². The van der Waals surface area contributed by atoms with Crippen molar-refractivity contribution in [3.05, 3.63) is 114 Å². The van der Waals surface area contributed by atoms with Gasteiger partial charge in [-0.2, -0.15) is 0 Å². The lowest BCUT2D eigenvalue weighted by Gasteiger charge is -2.28. The molecule has 9 heteroatoms. The van der Waals surface area contributed by atoms with Crippen molar-refractivity contribution in [2.24, 2.45) is 16.6 Å². The Kier molecular flexibility index (Phi) is 7.24. The number of aliphatic imine (C=N–C) groups is 1. The minimum atomic E-state index is -1.12. The summed E-state index contributed by atoms with van der Waals surface area (Å²) >= 11 is 0. The van der Waals surface area contributed by atoms with E-state index in [1.54, 1.807) is 34.5 Å². The number of nitrogens with zero attached hydrogens (tertiary/aromatic N) is 6. The van der Waals surface area contributed by atoms with Crippen LogP contribution in [0.1, 0.15) is 59.6 Å². The highest BCUT2D eigenvalue weighted by Crippen LogP contribution is 2.40. The molecule has 2 aliphatic rings. The molecule has 42 heavy (non-hydrogen) atoms. The van der Waals surface area contributed by atoms with Gasteiger partial charge in [-0.25, -0.2) is 4.99 Å². The van der Waals surface area contributed by atoms with Gasteiger partial charge in [0.2, 0.25) is 0 Å². The van der Waals surface area contributed by atoms with Gasteiger partial charge < -0.3 is 10.6 Å². The molecule has 6 rings (SSSR count). The third-order valence-electron chi connectivity index (χ3n) is 7.94. The molecular weight excluding hydrogens is 526 g/mol. The van der Waals surface area contributed by atoms with Crippen LogP contribution >= 0.6 is 0 Å². The lowest BCUT2D eigenvalue weighted by molar-refractivity contribution is -0.132. The van der Waals surface area contributed by atoms with Crippen molar-refractivity contribution in [2.75, 3.05) is 0 Å². The Hall–Kier alpha value is -4.92. The maximum absolute atomic E-state index is 14.3. The lowest BCUT2D eigenvalue weighted by atomic mass is 9.82. The Morgan fingerprint density at radius 2 is 1.69 bits per heavy atom. The quantitative estimate of drug-likeness (QED) is 0.335. The fraction of sp³-hybridized carbons (Fsp3) is 0.273. The van der Waals surface area contributed by atoms with Crippen molar-refractivity contribution in [1.29, 1.82) is 0 Å². The van der Waals surface area contributed by atoms with Gasteiger partial charge in [0.05, 0.1) is 31.0 Å². The zero-order chi connectivity index (χ0) is 29.3. The van der Waals surface area contributed by atoms with Crippen molar-refractivity contribution >= 4 is 17.8 Å². The van der Waals surface area contributed by atoms with Gasteiger partial charge in [0, 0.05) is 30.4 Å². The Bertz CT molecular complexity index is 1650. The van der Waals surface area contributed by atoms with Crippen molar-refractivity contribution in [3.8, 4) is 11.1 Å². The highest BCUT2D eigenvalue weighted by molar-refractivity contribution is 6.07. The van der Waals surface area contributed by atoms with E-state index in [0.717, 1.165) is 40.1 Å². The second kappa shape index (κ2) is 11.2. The fourth-order valence-electron chi connectivity index (χ4n) is 5.65. The average Bonchev–Trinajstić information content (AvgIpc) is 3.55. The van der Waals surface area contributed by atoms with Gasteiger partial charge in [0.15, 0.2) is 11.5 Å². The van der Waals surface area contributed by atoms with Gasteiger partial charge in [-0.3, -0.25) is 29.4 Å². The Balaban J connectivity index is 1.27. The monoisotopic (exact) mass is 559 g/mol. The first-order valence-electron chi connectivity index (χ1n) is 14.2. The van der Waals surface area contributed by atoms with E-state index in [1.165, 1.54) is 0 Å². The number of carbonyl (C=O) groups is 2. The summed E-state index contributed by atoms with van der Waals surface area (Å²) in [4.78, 5) is 48.7.